The molecule has 0 aliphatic carbocycles. The number of aromatic nitrogens is 4. The van der Waals surface area contributed by atoms with Crippen molar-refractivity contribution in [1.29, 1.82) is 0 Å². The fourth-order valence-electron chi connectivity index (χ4n) is 5.76. The van der Waals surface area contributed by atoms with Gasteiger partial charge in [0, 0.05) is 36.4 Å². The normalized spacial score (nSPS) is 17.4. The lowest BCUT2D eigenvalue weighted by atomic mass is 10.00. The number of halogens is 2. The lowest BCUT2D eigenvalue weighted by Gasteiger charge is -2.43. The predicted octanol–water partition coefficient (Wildman–Crippen LogP) is 6.77. The fourth-order valence-corrected chi connectivity index (χ4v) is 6.02. The Bertz CT molecular complexity index is 1790. The van der Waals surface area contributed by atoms with Crippen molar-refractivity contribution in [3.8, 4) is 16.9 Å². The maximum absolute atomic E-state index is 15.0. The number of hydrogen-bond donors (Lipinski definition) is 1. The van der Waals surface area contributed by atoms with Gasteiger partial charge in [-0.05, 0) is 62.4 Å². The van der Waals surface area contributed by atoms with Crippen molar-refractivity contribution in [2.24, 2.45) is 0 Å². The van der Waals surface area contributed by atoms with E-state index in [1.54, 1.807) is 24.3 Å². The molecule has 5 rings (SSSR count). The second kappa shape index (κ2) is 11.6. The van der Waals surface area contributed by atoms with Gasteiger partial charge in [0.05, 0.1) is 27.5 Å². The number of pyridine rings is 2. The Morgan fingerprint density at radius 2 is 1.72 bits per heavy atom. The number of aryl methyl sites for hydroxylation is 1. The average molecular weight is 607 g/mol. The van der Waals surface area contributed by atoms with Gasteiger partial charge in [-0.3, -0.25) is 4.98 Å². The molecule has 4 heterocycles. The van der Waals surface area contributed by atoms with Gasteiger partial charge in [0.15, 0.2) is 5.65 Å². The molecule has 1 saturated heterocycles. The van der Waals surface area contributed by atoms with Gasteiger partial charge in [-0.25, -0.2) is 23.5 Å². The minimum absolute atomic E-state index is 0.0302. The third-order valence-electron chi connectivity index (χ3n) is 8.03. The molecule has 1 N–H and O–H groups in total. The maximum atomic E-state index is 15.0. The summed E-state index contributed by atoms with van der Waals surface area (Å²) in [6.07, 6.45) is -1.000. The predicted molar refractivity (Wildman–Crippen MR) is 167 cm³/mol. The smallest absolute Gasteiger partial charge is 0.407 e. The van der Waals surface area contributed by atoms with Gasteiger partial charge in [-0.1, -0.05) is 51.4 Å². The van der Waals surface area contributed by atoms with Crippen LogP contribution in [-0.2, 0) is 0 Å². The molecular formula is C32H36ClFN6O3. The largest absolute Gasteiger partial charge is 0.465 e. The van der Waals surface area contributed by atoms with E-state index in [0.717, 1.165) is 17.0 Å². The van der Waals surface area contributed by atoms with Crippen LogP contribution in [0.3, 0.4) is 0 Å². The number of fused-ring (bicyclic) bond motifs is 1. The molecule has 1 aromatic carbocycles. The molecule has 1 amide bonds. The molecule has 2 atom stereocenters. The van der Waals surface area contributed by atoms with E-state index in [1.165, 1.54) is 15.5 Å². The summed E-state index contributed by atoms with van der Waals surface area (Å²) >= 11 is 6.80. The summed E-state index contributed by atoms with van der Waals surface area (Å²) in [4.78, 5) is 43.7. The number of anilines is 1. The van der Waals surface area contributed by atoms with Crippen LogP contribution in [0.15, 0.2) is 41.2 Å². The number of nitrogens with zero attached hydrogens (tertiary/aromatic N) is 6. The third-order valence-corrected chi connectivity index (χ3v) is 8.31. The summed E-state index contributed by atoms with van der Waals surface area (Å²) in [6.45, 7) is 14.4. The van der Waals surface area contributed by atoms with Crippen molar-refractivity contribution in [2.45, 2.75) is 72.4 Å². The van der Waals surface area contributed by atoms with Gasteiger partial charge in [-0.2, -0.15) is 4.98 Å². The summed E-state index contributed by atoms with van der Waals surface area (Å²) < 4.78 is 16.5. The van der Waals surface area contributed by atoms with Crippen molar-refractivity contribution >= 4 is 34.5 Å². The van der Waals surface area contributed by atoms with Gasteiger partial charge in [0.2, 0.25) is 0 Å². The van der Waals surface area contributed by atoms with Crippen LogP contribution in [0.25, 0.3) is 28.0 Å². The van der Waals surface area contributed by atoms with E-state index in [1.807, 2.05) is 45.6 Å². The topological polar surface area (TPSA) is 104 Å². The summed E-state index contributed by atoms with van der Waals surface area (Å²) in [5.74, 6) is 0.00777. The van der Waals surface area contributed by atoms with Gasteiger partial charge in [-0.15, -0.1) is 0 Å². The summed E-state index contributed by atoms with van der Waals surface area (Å²) in [5, 5.41) is 10.4. The Kier molecular flexibility index (Phi) is 8.17. The monoisotopic (exact) mass is 606 g/mol. The first-order valence-corrected chi connectivity index (χ1v) is 14.8. The number of piperazine rings is 1. The van der Waals surface area contributed by atoms with E-state index in [0.29, 0.717) is 23.4 Å². The Balaban J connectivity index is 1.86. The molecule has 11 heteroatoms. The Labute approximate surface area is 255 Å². The molecule has 0 radical (unpaired) electrons. The Morgan fingerprint density at radius 3 is 2.35 bits per heavy atom. The van der Waals surface area contributed by atoms with Crippen molar-refractivity contribution in [1.82, 2.24) is 24.4 Å². The second-order valence-corrected chi connectivity index (χ2v) is 12.3. The minimum Gasteiger partial charge on any atom is -0.465 e. The van der Waals surface area contributed by atoms with E-state index in [4.69, 9.17) is 21.6 Å². The highest BCUT2D eigenvalue weighted by Gasteiger charge is 2.35. The minimum atomic E-state index is -1.000. The van der Waals surface area contributed by atoms with Crippen LogP contribution in [0.5, 0.6) is 0 Å². The first-order chi connectivity index (χ1) is 20.3. The molecule has 0 bridgehead atoms. The highest BCUT2D eigenvalue weighted by atomic mass is 35.5. The molecule has 1 aliphatic heterocycles. The molecule has 4 aromatic rings. The second-order valence-electron chi connectivity index (χ2n) is 11.9. The van der Waals surface area contributed by atoms with Crippen molar-refractivity contribution in [2.75, 3.05) is 18.0 Å². The van der Waals surface area contributed by atoms with E-state index < -0.39 is 17.6 Å². The Morgan fingerprint density at radius 1 is 1.02 bits per heavy atom. The van der Waals surface area contributed by atoms with Crippen LogP contribution >= 0.6 is 11.6 Å². The zero-order valence-corrected chi connectivity index (χ0v) is 26.1. The maximum Gasteiger partial charge on any atom is 0.407 e. The fraction of sp³-hybridized carbons (Fsp3) is 0.406. The molecule has 9 nitrogen and oxygen atoms in total. The van der Waals surface area contributed by atoms with E-state index in [2.05, 4.69) is 18.8 Å². The van der Waals surface area contributed by atoms with Crippen LogP contribution in [0.2, 0.25) is 5.02 Å². The van der Waals surface area contributed by atoms with Crippen molar-refractivity contribution < 1.29 is 14.3 Å². The number of amides is 1. The van der Waals surface area contributed by atoms with E-state index in [-0.39, 0.29) is 52.4 Å². The molecule has 0 spiro atoms. The summed E-state index contributed by atoms with van der Waals surface area (Å²) in [5.41, 5.74) is 3.16. The molecule has 1 fully saturated rings. The SMILES string of the molecule is Cc1cc(C(C)C)nc(C(C)C)c1-n1c(=O)nc(N2C[C@@H](C)N(C(=O)O)C[C@@H]2C)c2cc(Cl)c(-c3ccccc3F)nc21. The zero-order valence-electron chi connectivity index (χ0n) is 25.4. The molecule has 43 heavy (non-hydrogen) atoms. The highest BCUT2D eigenvalue weighted by molar-refractivity contribution is 6.33. The number of carbonyl (C=O) groups is 1. The number of hydrogen-bond acceptors (Lipinski definition) is 6. The molecule has 3 aromatic heterocycles. The van der Waals surface area contributed by atoms with Crippen LogP contribution in [0.4, 0.5) is 15.0 Å². The summed E-state index contributed by atoms with van der Waals surface area (Å²) in [6, 6.07) is 9.23. The van der Waals surface area contributed by atoms with Crippen molar-refractivity contribution in [3.05, 3.63) is 74.7 Å². The third kappa shape index (κ3) is 5.44. The quantitative estimate of drug-likeness (QED) is 0.267. The van der Waals surface area contributed by atoms with Crippen LogP contribution in [0.1, 0.15) is 70.3 Å². The van der Waals surface area contributed by atoms with Gasteiger partial charge in [0.25, 0.3) is 0 Å². The Hall–Kier alpha value is -4.05. The first kappa shape index (κ1) is 30.4. The molecule has 226 valence electrons. The van der Waals surface area contributed by atoms with Gasteiger partial charge >= 0.3 is 11.8 Å². The average Bonchev–Trinajstić information content (AvgIpc) is 2.94. The highest BCUT2D eigenvalue weighted by Crippen LogP contribution is 2.37. The van der Waals surface area contributed by atoms with Gasteiger partial charge in [0.1, 0.15) is 11.6 Å². The number of rotatable bonds is 5. The van der Waals surface area contributed by atoms with E-state index in [9.17, 15) is 14.7 Å². The number of benzene rings is 1. The number of carboxylic acid groups (broad SMARTS) is 1. The lowest BCUT2D eigenvalue weighted by molar-refractivity contribution is 0.114. The standard InChI is InChI=1S/C32H36ClFN6O3/c1-16(2)25-12-18(5)28(26(35-25)17(3)4)40-30-22(13-23(33)27(36-30)21-10-8-9-11-24(21)34)29(37-31(40)41)38-14-20(7)39(32(42)43)15-19(38)6/h8-13,16-17,19-20H,14-15H2,1-7H3,(H,42,43)/t19-,20+/m0/s1. The van der Waals surface area contributed by atoms with Gasteiger partial charge < -0.3 is 14.9 Å². The molecule has 1 aliphatic rings. The molecule has 0 unspecified atom stereocenters. The van der Waals surface area contributed by atoms with Crippen LogP contribution in [-0.4, -0.2) is 60.8 Å². The van der Waals surface area contributed by atoms with Crippen LogP contribution < -0.4 is 10.6 Å². The zero-order chi connectivity index (χ0) is 31.3. The van der Waals surface area contributed by atoms with Crippen LogP contribution in [0, 0.1) is 12.7 Å². The summed E-state index contributed by atoms with van der Waals surface area (Å²) in [7, 11) is 0. The molecule has 0 saturated carbocycles. The molecular weight excluding hydrogens is 571 g/mol. The van der Waals surface area contributed by atoms with Crippen molar-refractivity contribution in [3.63, 3.8) is 0 Å². The lowest BCUT2D eigenvalue weighted by Crippen LogP contribution is -2.58. The van der Waals surface area contributed by atoms with E-state index >= 15 is 4.39 Å². The first-order valence-electron chi connectivity index (χ1n) is 14.5.